The van der Waals surface area contributed by atoms with Gasteiger partial charge in [0.1, 0.15) is 6.04 Å². The number of aryl methyl sites for hydroxylation is 2. The smallest absolute Gasteiger partial charge is 0.245 e. The van der Waals surface area contributed by atoms with Crippen LogP contribution in [-0.2, 0) is 14.8 Å². The normalized spacial score (nSPS) is 16.3. The molecule has 1 aromatic carbocycles. The maximum absolute atomic E-state index is 13.2. The molecular weight excluding hydrogens is 466 g/mol. The summed E-state index contributed by atoms with van der Waals surface area (Å²) in [7, 11) is -3.61. The predicted molar refractivity (Wildman–Crippen MR) is 127 cm³/mol. The molecule has 1 atom stereocenters. The number of amides is 1. The Kier molecular flexibility index (Phi) is 6.35. The SMILES string of the molecule is Cc1ccc(S(=O)(=O)N2CCN(C(=O)C(C)n3c(-c4cccs4)n[nH]c3=S)CC2)c(C)c1. The van der Waals surface area contributed by atoms with E-state index in [0.29, 0.717) is 28.6 Å². The van der Waals surface area contributed by atoms with Crippen molar-refractivity contribution >= 4 is 39.5 Å². The van der Waals surface area contributed by atoms with Gasteiger partial charge in [-0.1, -0.05) is 23.8 Å². The number of carbonyl (C=O) groups is 1. The second-order valence-corrected chi connectivity index (χ2v) is 11.1. The molecule has 1 aliphatic heterocycles. The third-order valence-electron chi connectivity index (χ3n) is 5.69. The zero-order valence-electron chi connectivity index (χ0n) is 18.1. The van der Waals surface area contributed by atoms with Crippen LogP contribution in [-0.4, -0.2) is 64.5 Å². The van der Waals surface area contributed by atoms with Crippen LogP contribution in [0, 0.1) is 18.6 Å². The second-order valence-electron chi connectivity index (χ2n) is 7.87. The van der Waals surface area contributed by atoms with Crippen molar-refractivity contribution in [2.24, 2.45) is 0 Å². The lowest BCUT2D eigenvalue weighted by atomic mass is 10.2. The number of benzene rings is 1. The Morgan fingerprint density at radius 1 is 1.19 bits per heavy atom. The van der Waals surface area contributed by atoms with Crippen molar-refractivity contribution < 1.29 is 13.2 Å². The molecule has 3 aromatic rings. The van der Waals surface area contributed by atoms with E-state index in [-0.39, 0.29) is 19.0 Å². The van der Waals surface area contributed by atoms with E-state index >= 15 is 0 Å². The molecule has 1 N–H and O–H groups in total. The van der Waals surface area contributed by atoms with Gasteiger partial charge < -0.3 is 4.90 Å². The van der Waals surface area contributed by atoms with Crippen molar-refractivity contribution in [3.05, 3.63) is 51.6 Å². The van der Waals surface area contributed by atoms with Gasteiger partial charge in [-0.25, -0.2) is 8.42 Å². The van der Waals surface area contributed by atoms with Crippen LogP contribution in [0.5, 0.6) is 0 Å². The van der Waals surface area contributed by atoms with E-state index in [4.69, 9.17) is 12.2 Å². The number of nitrogens with one attached hydrogen (secondary N) is 1. The van der Waals surface area contributed by atoms with Gasteiger partial charge in [-0.15, -0.1) is 11.3 Å². The van der Waals surface area contributed by atoms with Gasteiger partial charge in [0.15, 0.2) is 10.6 Å². The van der Waals surface area contributed by atoms with Crippen LogP contribution in [0.1, 0.15) is 24.1 Å². The molecule has 2 aromatic heterocycles. The van der Waals surface area contributed by atoms with Gasteiger partial charge in [0.05, 0.1) is 9.77 Å². The number of H-pyrrole nitrogens is 1. The fourth-order valence-corrected chi connectivity index (χ4v) is 6.62. The van der Waals surface area contributed by atoms with Gasteiger partial charge in [0.2, 0.25) is 15.9 Å². The Balaban J connectivity index is 1.49. The Labute approximate surface area is 196 Å². The summed E-state index contributed by atoms with van der Waals surface area (Å²) in [5.41, 5.74) is 1.75. The molecule has 1 aliphatic rings. The third-order valence-corrected chi connectivity index (χ3v) is 8.90. The second kappa shape index (κ2) is 8.89. The van der Waals surface area contributed by atoms with Crippen molar-refractivity contribution in [2.45, 2.75) is 31.7 Å². The summed E-state index contributed by atoms with van der Waals surface area (Å²) in [4.78, 5) is 16.2. The van der Waals surface area contributed by atoms with Gasteiger partial charge in [-0.3, -0.25) is 14.5 Å². The molecule has 0 aliphatic carbocycles. The summed E-state index contributed by atoms with van der Waals surface area (Å²) in [5.74, 6) is 0.519. The zero-order valence-corrected chi connectivity index (χ0v) is 20.6. The van der Waals surface area contributed by atoms with E-state index in [1.54, 1.807) is 35.4 Å². The van der Waals surface area contributed by atoms with Crippen LogP contribution in [0.2, 0.25) is 0 Å². The van der Waals surface area contributed by atoms with Gasteiger partial charge in [-0.05, 0) is 56.1 Å². The van der Waals surface area contributed by atoms with Gasteiger partial charge >= 0.3 is 0 Å². The minimum absolute atomic E-state index is 0.108. The lowest BCUT2D eigenvalue weighted by Gasteiger charge is -2.35. The average molecular weight is 492 g/mol. The van der Waals surface area contributed by atoms with Gasteiger partial charge in [0, 0.05) is 26.2 Å². The first-order valence-electron chi connectivity index (χ1n) is 10.3. The van der Waals surface area contributed by atoms with E-state index in [1.165, 1.54) is 15.6 Å². The number of sulfonamides is 1. The standard InChI is InChI=1S/C21H25N5O3S3/c1-14-6-7-18(15(2)13-14)32(28,29)25-10-8-24(9-11-25)20(27)16(3)26-19(22-23-21(26)30)17-5-4-12-31-17/h4-7,12-13,16H,8-11H2,1-3H3,(H,23,30). The Hall–Kier alpha value is -2.34. The Bertz CT molecular complexity index is 1290. The summed E-state index contributed by atoms with van der Waals surface area (Å²) in [6, 6.07) is 8.63. The largest absolute Gasteiger partial charge is 0.338 e. The Morgan fingerprint density at radius 3 is 2.53 bits per heavy atom. The summed E-state index contributed by atoms with van der Waals surface area (Å²) in [6.45, 7) is 6.70. The molecule has 0 saturated carbocycles. The Morgan fingerprint density at radius 2 is 1.91 bits per heavy atom. The number of aromatic amines is 1. The molecule has 32 heavy (non-hydrogen) atoms. The van der Waals surface area contributed by atoms with E-state index in [1.807, 2.05) is 30.5 Å². The lowest BCUT2D eigenvalue weighted by molar-refractivity contribution is -0.135. The average Bonchev–Trinajstić information content (AvgIpc) is 3.42. The summed E-state index contributed by atoms with van der Waals surface area (Å²) in [5, 5.41) is 9.02. The molecule has 1 amide bonds. The highest BCUT2D eigenvalue weighted by Gasteiger charge is 2.33. The number of nitrogens with zero attached hydrogens (tertiary/aromatic N) is 4. The van der Waals surface area contributed by atoms with Crippen LogP contribution in [0.3, 0.4) is 0 Å². The first-order valence-corrected chi connectivity index (χ1v) is 13.0. The topological polar surface area (TPSA) is 91.3 Å². The minimum Gasteiger partial charge on any atom is -0.338 e. The van der Waals surface area contributed by atoms with Crippen molar-refractivity contribution in [1.29, 1.82) is 0 Å². The van der Waals surface area contributed by atoms with Gasteiger partial charge in [-0.2, -0.15) is 9.40 Å². The van der Waals surface area contributed by atoms with Crippen molar-refractivity contribution in [3.63, 3.8) is 0 Å². The molecular formula is C21H25N5O3S3. The van der Waals surface area contributed by atoms with Crippen LogP contribution < -0.4 is 0 Å². The first-order chi connectivity index (χ1) is 15.2. The van der Waals surface area contributed by atoms with E-state index in [2.05, 4.69) is 10.2 Å². The minimum atomic E-state index is -3.61. The number of aromatic nitrogens is 3. The number of thiophene rings is 1. The van der Waals surface area contributed by atoms with E-state index < -0.39 is 16.1 Å². The molecule has 8 nitrogen and oxygen atoms in total. The van der Waals surface area contributed by atoms with Crippen molar-refractivity contribution in [2.75, 3.05) is 26.2 Å². The fraction of sp³-hybridized carbons (Fsp3) is 0.381. The van der Waals surface area contributed by atoms with E-state index in [9.17, 15) is 13.2 Å². The molecule has 170 valence electrons. The lowest BCUT2D eigenvalue weighted by Crippen LogP contribution is -2.51. The molecule has 1 unspecified atom stereocenters. The predicted octanol–water partition coefficient (Wildman–Crippen LogP) is 3.38. The maximum atomic E-state index is 13.2. The quantitative estimate of drug-likeness (QED) is 0.553. The molecule has 0 radical (unpaired) electrons. The molecule has 1 fully saturated rings. The number of rotatable bonds is 5. The summed E-state index contributed by atoms with van der Waals surface area (Å²) >= 11 is 6.90. The highest BCUT2D eigenvalue weighted by atomic mass is 32.2. The van der Waals surface area contributed by atoms with Crippen molar-refractivity contribution in [3.8, 4) is 10.7 Å². The monoisotopic (exact) mass is 491 g/mol. The van der Waals surface area contributed by atoms with Gasteiger partial charge in [0.25, 0.3) is 0 Å². The summed E-state index contributed by atoms with van der Waals surface area (Å²) in [6.07, 6.45) is 0. The highest BCUT2D eigenvalue weighted by molar-refractivity contribution is 7.89. The van der Waals surface area contributed by atoms with Crippen LogP contribution in [0.15, 0.2) is 40.6 Å². The maximum Gasteiger partial charge on any atom is 0.245 e. The molecule has 3 heterocycles. The van der Waals surface area contributed by atoms with Crippen LogP contribution in [0.25, 0.3) is 10.7 Å². The van der Waals surface area contributed by atoms with Crippen molar-refractivity contribution in [1.82, 2.24) is 24.0 Å². The fourth-order valence-electron chi connectivity index (χ4n) is 3.99. The third kappa shape index (κ3) is 4.17. The first kappa shape index (κ1) is 22.8. The molecule has 4 rings (SSSR count). The molecule has 11 heteroatoms. The zero-order chi connectivity index (χ0) is 23.0. The van der Waals surface area contributed by atoms with Crippen LogP contribution >= 0.6 is 23.6 Å². The summed E-state index contributed by atoms with van der Waals surface area (Å²) < 4.78 is 29.8. The van der Waals surface area contributed by atoms with E-state index in [0.717, 1.165) is 16.0 Å². The number of hydrogen-bond acceptors (Lipinski definition) is 6. The number of hydrogen-bond donors (Lipinski definition) is 1. The molecule has 1 saturated heterocycles. The number of piperazine rings is 1. The molecule has 0 spiro atoms. The molecule has 0 bridgehead atoms. The van der Waals surface area contributed by atoms with Crippen LogP contribution in [0.4, 0.5) is 0 Å². The highest BCUT2D eigenvalue weighted by Crippen LogP contribution is 2.27. The number of carbonyl (C=O) groups excluding carboxylic acids is 1.